The first kappa shape index (κ1) is 13.0. The number of rotatable bonds is 2. The number of hydrogen-bond acceptors (Lipinski definition) is 5. The van der Waals surface area contributed by atoms with E-state index in [4.69, 9.17) is 9.11 Å². The quantitative estimate of drug-likeness (QED) is 0.376. The van der Waals surface area contributed by atoms with E-state index in [9.17, 15) is 16.8 Å². The molecule has 0 aromatic carbocycles. The summed E-state index contributed by atoms with van der Waals surface area (Å²) in [6.45, 7) is 0. The topological polar surface area (TPSA) is 118 Å². The third-order valence-electron chi connectivity index (χ3n) is 0.172. The van der Waals surface area contributed by atoms with E-state index in [2.05, 4.69) is 3.63 Å². The van der Waals surface area contributed by atoms with Crippen LogP contribution in [0.2, 0.25) is 0 Å². The maximum absolute atomic E-state index is 9.44. The Balaban J connectivity index is 0. The summed E-state index contributed by atoms with van der Waals surface area (Å²) in [7, 11) is -10.2. The molecule has 0 radical (unpaired) electrons. The van der Waals surface area contributed by atoms with Gasteiger partial charge in [-0.05, 0) is 0 Å². The molecule has 0 aliphatic heterocycles. The number of hydrogen-bond donors (Lipinski definition) is 2. The minimum atomic E-state index is -5.12. The zero-order valence-corrected chi connectivity index (χ0v) is 5.39. The van der Waals surface area contributed by atoms with Gasteiger partial charge in [0.05, 0.1) is 0 Å². The van der Waals surface area contributed by atoms with E-state index >= 15 is 0 Å². The fraction of sp³-hybridized carbons (Fsp3) is 0. The van der Waals surface area contributed by atoms with Crippen LogP contribution in [0.15, 0.2) is 0 Å². The van der Waals surface area contributed by atoms with Crippen LogP contribution in [0.3, 0.4) is 0 Å². The van der Waals surface area contributed by atoms with Gasteiger partial charge in [0.1, 0.15) is 0 Å². The second-order valence-electron chi connectivity index (χ2n) is 0.924. The molecule has 0 aliphatic rings. The van der Waals surface area contributed by atoms with Crippen LogP contribution in [0.25, 0.3) is 0 Å². The Kier molecular flexibility index (Phi) is 4.78. The molecule has 0 bridgehead atoms. The van der Waals surface area contributed by atoms with Crippen LogP contribution < -0.4 is 0 Å². The molecule has 0 saturated heterocycles. The van der Waals surface area contributed by atoms with E-state index in [-0.39, 0.29) is 18.9 Å². The summed E-state index contributed by atoms with van der Waals surface area (Å²) in [5.74, 6) is 0. The van der Waals surface area contributed by atoms with Crippen molar-refractivity contribution in [2.75, 3.05) is 0 Å². The van der Waals surface area contributed by atoms with Gasteiger partial charge in [0.15, 0.2) is 0 Å². The van der Waals surface area contributed by atoms with Crippen LogP contribution in [0.4, 0.5) is 0 Å². The Morgan fingerprint density at radius 3 is 1.10 bits per heavy atom. The molecule has 0 rings (SSSR count). The second-order valence-corrected chi connectivity index (χ2v) is 3.18. The first-order valence-electron chi connectivity index (χ1n) is 1.37. The third-order valence-corrected chi connectivity index (χ3v) is 1.55. The SMILES string of the molecule is O=S(=O)(O)OS(=O)(=O)O.[LiH]. The average Bonchev–Trinajstić information content (AvgIpc) is 1.14. The second kappa shape index (κ2) is 3.68. The van der Waals surface area contributed by atoms with Gasteiger partial charge in [-0.15, -0.1) is 3.63 Å². The Morgan fingerprint density at radius 2 is 1.10 bits per heavy atom. The normalized spacial score (nSPS) is 12.2. The van der Waals surface area contributed by atoms with Crippen LogP contribution in [-0.2, 0) is 24.4 Å². The van der Waals surface area contributed by atoms with Crippen molar-refractivity contribution in [1.29, 1.82) is 0 Å². The van der Waals surface area contributed by atoms with Gasteiger partial charge in [-0.2, -0.15) is 16.8 Å². The molecule has 0 fully saturated rings. The third kappa shape index (κ3) is 11.2. The van der Waals surface area contributed by atoms with Crippen LogP contribution in [0.1, 0.15) is 0 Å². The van der Waals surface area contributed by atoms with Crippen molar-refractivity contribution in [3.63, 3.8) is 0 Å². The molecule has 0 spiro atoms. The van der Waals surface area contributed by atoms with E-state index in [1.165, 1.54) is 0 Å². The molecule has 0 aromatic rings. The van der Waals surface area contributed by atoms with E-state index in [0.29, 0.717) is 0 Å². The molecule has 0 aliphatic carbocycles. The van der Waals surface area contributed by atoms with Crippen molar-refractivity contribution < 1.29 is 29.6 Å². The molecular formula is H3LiO7S2. The molecule has 10 heavy (non-hydrogen) atoms. The molecule has 0 unspecified atom stereocenters. The molecule has 0 saturated carbocycles. The summed E-state index contributed by atoms with van der Waals surface area (Å²) >= 11 is 0. The van der Waals surface area contributed by atoms with Crippen molar-refractivity contribution in [1.82, 2.24) is 0 Å². The van der Waals surface area contributed by atoms with Crippen LogP contribution in [0, 0.1) is 0 Å². The molecule has 2 N–H and O–H groups in total. The Hall–Kier alpha value is 0.377. The van der Waals surface area contributed by atoms with E-state index in [0.717, 1.165) is 0 Å². The first-order chi connectivity index (χ1) is 3.71. The molecule has 10 heteroatoms. The molecule has 0 heterocycles. The Bertz CT molecular complexity index is 237. The molecular weight excluding hydrogens is 183 g/mol. The standard InChI is InChI=1S/Li.H2O7S2.H/c;1-8(2,3)7-9(4,5)6;/h;(H,1,2,3)(H,4,5,6);. The zero-order valence-electron chi connectivity index (χ0n) is 3.75. The van der Waals surface area contributed by atoms with Gasteiger partial charge >= 0.3 is 39.7 Å². The minimum absolute atomic E-state index is 0. The van der Waals surface area contributed by atoms with Gasteiger partial charge in [-0.3, -0.25) is 9.11 Å². The van der Waals surface area contributed by atoms with Crippen molar-refractivity contribution in [2.45, 2.75) is 0 Å². The first-order valence-corrected chi connectivity index (χ1v) is 4.10. The fourth-order valence-electron chi connectivity index (χ4n) is 0.109. The molecule has 7 nitrogen and oxygen atoms in total. The average molecular weight is 186 g/mol. The van der Waals surface area contributed by atoms with Crippen LogP contribution in [0.5, 0.6) is 0 Å². The maximum atomic E-state index is 9.44. The summed E-state index contributed by atoms with van der Waals surface area (Å²) in [6.07, 6.45) is 0. The summed E-state index contributed by atoms with van der Waals surface area (Å²) in [4.78, 5) is 0. The predicted molar refractivity (Wildman–Crippen MR) is 31.3 cm³/mol. The fourth-order valence-corrected chi connectivity index (χ4v) is 0.978. The van der Waals surface area contributed by atoms with E-state index in [1.807, 2.05) is 0 Å². The van der Waals surface area contributed by atoms with E-state index in [1.54, 1.807) is 0 Å². The van der Waals surface area contributed by atoms with E-state index < -0.39 is 20.8 Å². The van der Waals surface area contributed by atoms with Crippen molar-refractivity contribution in [3.05, 3.63) is 0 Å². The molecule has 58 valence electrons. The van der Waals surface area contributed by atoms with Gasteiger partial charge < -0.3 is 0 Å². The predicted octanol–water partition coefficient (Wildman–Crippen LogP) is -2.04. The summed E-state index contributed by atoms with van der Waals surface area (Å²) < 4.78 is 55.6. The Morgan fingerprint density at radius 1 is 0.900 bits per heavy atom. The summed E-state index contributed by atoms with van der Waals surface area (Å²) in [6, 6.07) is 0. The van der Waals surface area contributed by atoms with Gasteiger partial charge in [-0.1, -0.05) is 0 Å². The Labute approximate surface area is 69.5 Å². The molecule has 0 atom stereocenters. The molecule has 0 amide bonds. The molecule has 0 aromatic heterocycles. The van der Waals surface area contributed by atoms with Gasteiger partial charge in [0.2, 0.25) is 0 Å². The van der Waals surface area contributed by atoms with Gasteiger partial charge in [0.25, 0.3) is 0 Å². The van der Waals surface area contributed by atoms with Gasteiger partial charge in [-0.25, -0.2) is 0 Å². The van der Waals surface area contributed by atoms with Crippen molar-refractivity contribution in [2.24, 2.45) is 0 Å². The summed E-state index contributed by atoms with van der Waals surface area (Å²) in [5.41, 5.74) is 0. The van der Waals surface area contributed by atoms with Crippen LogP contribution in [-0.4, -0.2) is 44.8 Å². The van der Waals surface area contributed by atoms with Crippen molar-refractivity contribution in [3.8, 4) is 0 Å². The van der Waals surface area contributed by atoms with Crippen LogP contribution >= 0.6 is 0 Å². The van der Waals surface area contributed by atoms with Gasteiger partial charge in [0, 0.05) is 0 Å². The monoisotopic (exact) mass is 186 g/mol. The summed E-state index contributed by atoms with van der Waals surface area (Å²) in [5, 5.41) is 0. The van der Waals surface area contributed by atoms with Crippen molar-refractivity contribution >= 4 is 39.7 Å². The zero-order chi connectivity index (χ0) is 7.71.